The molecule has 180 valence electrons. The van der Waals surface area contributed by atoms with Crippen LogP contribution in [0.4, 0.5) is 22.0 Å². The second kappa shape index (κ2) is 9.49. The zero-order valence-electron chi connectivity index (χ0n) is 19.5. The fraction of sp³-hybridized carbons (Fsp3) is 0.280. The molecule has 35 heavy (non-hydrogen) atoms. The van der Waals surface area contributed by atoms with Crippen LogP contribution < -0.4 is 21.7 Å². The first kappa shape index (κ1) is 22.5. The van der Waals surface area contributed by atoms with Crippen LogP contribution in [0.5, 0.6) is 0 Å². The number of hydrogen-bond acceptors (Lipinski definition) is 6. The fourth-order valence-corrected chi connectivity index (χ4v) is 4.41. The molecule has 10 nitrogen and oxygen atoms in total. The van der Waals surface area contributed by atoms with Gasteiger partial charge >= 0.3 is 6.03 Å². The lowest BCUT2D eigenvalue weighted by atomic mass is 10.1. The summed E-state index contributed by atoms with van der Waals surface area (Å²) in [5.41, 5.74) is 11.6. The van der Waals surface area contributed by atoms with Gasteiger partial charge in [-0.25, -0.2) is 14.8 Å². The number of nitrogens with two attached hydrogens (primary N) is 1. The summed E-state index contributed by atoms with van der Waals surface area (Å²) < 4.78 is 2.06. The normalized spacial score (nSPS) is 13.5. The third kappa shape index (κ3) is 4.54. The first-order valence-corrected chi connectivity index (χ1v) is 11.7. The van der Waals surface area contributed by atoms with Gasteiger partial charge in [0.1, 0.15) is 0 Å². The van der Waals surface area contributed by atoms with Crippen molar-refractivity contribution in [2.24, 2.45) is 0 Å². The number of nitrogens with zero attached hydrogens (tertiary/aromatic N) is 4. The van der Waals surface area contributed by atoms with Crippen molar-refractivity contribution < 1.29 is 9.59 Å². The highest BCUT2D eigenvalue weighted by Gasteiger charge is 2.19. The van der Waals surface area contributed by atoms with Crippen molar-refractivity contribution in [3.05, 3.63) is 48.7 Å². The summed E-state index contributed by atoms with van der Waals surface area (Å²) in [6, 6.07) is 13.0. The lowest BCUT2D eigenvalue weighted by Crippen LogP contribution is -2.27. The third-order valence-corrected chi connectivity index (χ3v) is 6.18. The highest BCUT2D eigenvalue weighted by atomic mass is 16.2. The van der Waals surface area contributed by atoms with Crippen LogP contribution in [-0.2, 0) is 4.79 Å². The fourth-order valence-electron chi connectivity index (χ4n) is 4.41. The van der Waals surface area contributed by atoms with Crippen molar-refractivity contribution in [2.75, 3.05) is 43.0 Å². The summed E-state index contributed by atoms with van der Waals surface area (Å²) in [5, 5.41) is 8.72. The molecule has 3 amide bonds. The Morgan fingerprint density at radius 3 is 2.74 bits per heavy atom. The summed E-state index contributed by atoms with van der Waals surface area (Å²) in [7, 11) is 1.57. The number of fused-ring (bicyclic) bond motifs is 3. The average Bonchev–Trinajstić information content (AvgIpc) is 3.48. The van der Waals surface area contributed by atoms with Gasteiger partial charge in [0.2, 0.25) is 5.91 Å². The second-order valence-electron chi connectivity index (χ2n) is 8.56. The number of urea groups is 1. The Labute approximate surface area is 202 Å². The Bertz CT molecular complexity index is 1400. The first-order valence-electron chi connectivity index (χ1n) is 11.7. The number of aromatic nitrogens is 3. The van der Waals surface area contributed by atoms with Crippen LogP contribution in [0.15, 0.2) is 48.7 Å². The van der Waals surface area contributed by atoms with E-state index < -0.39 is 0 Å². The summed E-state index contributed by atoms with van der Waals surface area (Å²) in [4.78, 5) is 34.9. The number of hydrogen-bond donors (Lipinski definition) is 4. The highest BCUT2D eigenvalue weighted by Crippen LogP contribution is 2.30. The summed E-state index contributed by atoms with van der Waals surface area (Å²) >= 11 is 0. The predicted molar refractivity (Wildman–Crippen MR) is 137 cm³/mol. The maximum absolute atomic E-state index is 11.9. The van der Waals surface area contributed by atoms with E-state index in [-0.39, 0.29) is 11.9 Å². The van der Waals surface area contributed by atoms with Crippen molar-refractivity contribution in [2.45, 2.75) is 19.3 Å². The zero-order valence-corrected chi connectivity index (χ0v) is 19.5. The molecule has 10 heteroatoms. The molecule has 0 bridgehead atoms. The van der Waals surface area contributed by atoms with E-state index in [2.05, 4.69) is 25.3 Å². The van der Waals surface area contributed by atoms with Crippen LogP contribution in [0, 0.1) is 0 Å². The minimum absolute atomic E-state index is 0.237. The molecule has 2 aromatic carbocycles. The number of amides is 3. The molecular weight excluding hydrogens is 444 g/mol. The predicted octanol–water partition coefficient (Wildman–Crippen LogP) is 3.31. The number of nitrogen functional groups attached to an aromatic ring is 1. The van der Waals surface area contributed by atoms with Crippen molar-refractivity contribution in [1.29, 1.82) is 0 Å². The molecule has 0 spiro atoms. The van der Waals surface area contributed by atoms with E-state index in [4.69, 9.17) is 10.7 Å². The molecule has 3 heterocycles. The molecule has 0 atom stereocenters. The zero-order chi connectivity index (χ0) is 24.4. The van der Waals surface area contributed by atoms with Crippen molar-refractivity contribution in [1.82, 2.24) is 24.6 Å². The van der Waals surface area contributed by atoms with Gasteiger partial charge in [0.25, 0.3) is 0 Å². The van der Waals surface area contributed by atoms with E-state index >= 15 is 0 Å². The second-order valence-corrected chi connectivity index (χ2v) is 8.56. The molecule has 1 fully saturated rings. The number of carbonyl (C=O) groups excluding carboxylic acids is 2. The molecule has 1 saturated heterocycles. The van der Waals surface area contributed by atoms with Gasteiger partial charge in [-0.2, -0.15) is 0 Å². The molecule has 1 aliphatic heterocycles. The van der Waals surface area contributed by atoms with Crippen LogP contribution in [-0.4, -0.2) is 57.9 Å². The van der Waals surface area contributed by atoms with Crippen molar-refractivity contribution >= 4 is 45.8 Å². The quantitative estimate of drug-likeness (QED) is 0.241. The van der Waals surface area contributed by atoms with E-state index in [0.717, 1.165) is 48.2 Å². The minimum Gasteiger partial charge on any atom is -0.399 e. The molecular formula is C25H28N8O2. The molecule has 5 rings (SSSR count). The first-order chi connectivity index (χ1) is 17.0. The Hall–Kier alpha value is -4.34. The van der Waals surface area contributed by atoms with E-state index in [1.807, 2.05) is 53.6 Å². The maximum Gasteiger partial charge on any atom is 0.318 e. The van der Waals surface area contributed by atoms with Gasteiger partial charge in [-0.15, -0.1) is 0 Å². The molecule has 0 saturated carbocycles. The largest absolute Gasteiger partial charge is 0.399 e. The monoisotopic (exact) mass is 472 g/mol. The summed E-state index contributed by atoms with van der Waals surface area (Å²) in [6.07, 6.45) is 4.24. The molecule has 2 aromatic heterocycles. The topological polar surface area (TPSA) is 130 Å². The lowest BCUT2D eigenvalue weighted by molar-refractivity contribution is -0.127. The van der Waals surface area contributed by atoms with Gasteiger partial charge < -0.3 is 26.6 Å². The lowest BCUT2D eigenvalue weighted by Gasteiger charge is -2.16. The van der Waals surface area contributed by atoms with Crippen LogP contribution >= 0.6 is 0 Å². The SMILES string of the molecule is CNC(=O)Nc1ccc(-c2cnc3c(NCCCN4CCCC4=O)nc4cc(N)ccc4n23)cc1. The Morgan fingerprint density at radius 2 is 2.00 bits per heavy atom. The number of rotatable bonds is 7. The summed E-state index contributed by atoms with van der Waals surface area (Å²) in [5.74, 6) is 0.904. The van der Waals surface area contributed by atoms with E-state index in [9.17, 15) is 9.59 Å². The van der Waals surface area contributed by atoms with Gasteiger partial charge in [-0.1, -0.05) is 12.1 Å². The molecule has 0 aliphatic carbocycles. The van der Waals surface area contributed by atoms with Gasteiger partial charge in [-0.3, -0.25) is 9.20 Å². The molecule has 0 unspecified atom stereocenters. The van der Waals surface area contributed by atoms with E-state index in [1.54, 1.807) is 7.05 Å². The number of carbonyl (C=O) groups is 2. The number of imidazole rings is 1. The van der Waals surface area contributed by atoms with Crippen LogP contribution in [0.3, 0.4) is 0 Å². The Kier molecular flexibility index (Phi) is 6.09. The Balaban J connectivity index is 1.46. The standard InChI is InChI=1S/C25H28N8O2/c1-27-25(35)30-18-8-5-16(6-9-18)21-15-29-24-23(28-11-3-13-32-12-2-4-22(32)34)31-19-14-17(26)7-10-20(19)33(21)24/h5-10,14-15H,2-4,11-13,26H2,1H3,(H,28,31)(H2,27,30,35). The number of nitrogens with one attached hydrogen (secondary N) is 3. The summed E-state index contributed by atoms with van der Waals surface area (Å²) in [6.45, 7) is 2.25. The average molecular weight is 473 g/mol. The van der Waals surface area contributed by atoms with Gasteiger partial charge in [-0.05, 0) is 43.2 Å². The highest BCUT2D eigenvalue weighted by molar-refractivity contribution is 5.90. The van der Waals surface area contributed by atoms with E-state index in [0.29, 0.717) is 35.8 Å². The number of anilines is 3. The maximum atomic E-state index is 11.9. The van der Waals surface area contributed by atoms with E-state index in [1.165, 1.54) is 0 Å². The van der Waals surface area contributed by atoms with Crippen LogP contribution in [0.25, 0.3) is 27.9 Å². The van der Waals surface area contributed by atoms with Gasteiger partial charge in [0, 0.05) is 50.0 Å². The number of likely N-dealkylation sites (tertiary alicyclic amines) is 1. The smallest absolute Gasteiger partial charge is 0.318 e. The minimum atomic E-state index is -0.271. The molecule has 4 aromatic rings. The third-order valence-electron chi connectivity index (χ3n) is 6.18. The molecule has 0 radical (unpaired) electrons. The van der Waals surface area contributed by atoms with Gasteiger partial charge in [0.15, 0.2) is 11.5 Å². The van der Waals surface area contributed by atoms with Crippen LogP contribution in [0.1, 0.15) is 19.3 Å². The molecule has 1 aliphatic rings. The number of benzene rings is 2. The van der Waals surface area contributed by atoms with Gasteiger partial charge in [0.05, 0.1) is 22.9 Å². The van der Waals surface area contributed by atoms with Crippen molar-refractivity contribution in [3.8, 4) is 11.3 Å². The Morgan fingerprint density at radius 1 is 1.17 bits per heavy atom. The molecule has 5 N–H and O–H groups in total. The van der Waals surface area contributed by atoms with Crippen molar-refractivity contribution in [3.63, 3.8) is 0 Å². The van der Waals surface area contributed by atoms with Crippen LogP contribution in [0.2, 0.25) is 0 Å².